The zero-order valence-corrected chi connectivity index (χ0v) is 13.3. The zero-order valence-electron chi connectivity index (χ0n) is 13.3. The Balaban J connectivity index is 2.07. The number of rotatable bonds is 2. The van der Waals surface area contributed by atoms with Crippen LogP contribution in [-0.2, 0) is 0 Å². The summed E-state index contributed by atoms with van der Waals surface area (Å²) in [5, 5.41) is 0. The third-order valence-electron chi connectivity index (χ3n) is 3.77. The number of hydrazine groups is 1. The summed E-state index contributed by atoms with van der Waals surface area (Å²) in [4.78, 5) is 24.3. The van der Waals surface area contributed by atoms with Crippen LogP contribution in [-0.4, -0.2) is 11.8 Å². The molecule has 0 unspecified atom stereocenters. The lowest BCUT2D eigenvalue weighted by Crippen LogP contribution is -2.42. The highest BCUT2D eigenvalue weighted by molar-refractivity contribution is 6.00. The Morgan fingerprint density at radius 1 is 0.773 bits per heavy atom. The van der Waals surface area contributed by atoms with Gasteiger partial charge in [0.15, 0.2) is 0 Å². The second kappa shape index (κ2) is 6.43. The smallest absolute Gasteiger partial charge is 0.267 e. The highest BCUT2D eigenvalue weighted by Gasteiger charge is 2.13. The van der Waals surface area contributed by atoms with Gasteiger partial charge in [0.05, 0.1) is 0 Å². The lowest BCUT2D eigenvalue weighted by Gasteiger charge is -2.11. The third kappa shape index (κ3) is 3.34. The van der Waals surface area contributed by atoms with Gasteiger partial charge in [-0.25, -0.2) is 0 Å². The predicted octanol–water partition coefficient (Wildman–Crippen LogP) is 3.00. The molecule has 2 aromatic rings. The van der Waals surface area contributed by atoms with Gasteiger partial charge in [-0.15, -0.1) is 0 Å². The van der Waals surface area contributed by atoms with Gasteiger partial charge in [-0.3, -0.25) is 20.4 Å². The van der Waals surface area contributed by atoms with Crippen LogP contribution in [0, 0.1) is 27.7 Å². The van der Waals surface area contributed by atoms with E-state index in [4.69, 9.17) is 0 Å². The van der Waals surface area contributed by atoms with Crippen molar-refractivity contribution < 1.29 is 9.59 Å². The third-order valence-corrected chi connectivity index (χ3v) is 3.77. The van der Waals surface area contributed by atoms with Gasteiger partial charge in [-0.2, -0.15) is 0 Å². The predicted molar refractivity (Wildman–Crippen MR) is 86.8 cm³/mol. The molecule has 4 heteroatoms. The van der Waals surface area contributed by atoms with E-state index in [9.17, 15) is 9.59 Å². The van der Waals surface area contributed by atoms with Crippen LogP contribution in [0.1, 0.15) is 43.0 Å². The summed E-state index contributed by atoms with van der Waals surface area (Å²) in [5.41, 5.74) is 9.94. The number of carbonyl (C=O) groups excluding carboxylic acids is 2. The van der Waals surface area contributed by atoms with E-state index >= 15 is 0 Å². The van der Waals surface area contributed by atoms with E-state index in [-0.39, 0.29) is 11.8 Å². The first-order chi connectivity index (χ1) is 10.4. The fraction of sp³-hybridized carbons (Fsp3) is 0.222. The van der Waals surface area contributed by atoms with Crippen LogP contribution in [0.5, 0.6) is 0 Å². The SMILES string of the molecule is Cc1ccc(C(=O)NNC(=O)c2cccc(C)c2C)c(C)c1. The maximum Gasteiger partial charge on any atom is 0.269 e. The molecule has 2 rings (SSSR count). The van der Waals surface area contributed by atoms with Crippen molar-refractivity contribution in [3.05, 3.63) is 69.8 Å². The first-order valence-corrected chi connectivity index (χ1v) is 7.14. The maximum absolute atomic E-state index is 12.2. The van der Waals surface area contributed by atoms with E-state index < -0.39 is 0 Å². The Labute approximate surface area is 130 Å². The second-order valence-corrected chi connectivity index (χ2v) is 5.47. The van der Waals surface area contributed by atoms with E-state index in [1.54, 1.807) is 12.1 Å². The van der Waals surface area contributed by atoms with Crippen molar-refractivity contribution in [1.82, 2.24) is 10.9 Å². The Morgan fingerprint density at radius 2 is 1.41 bits per heavy atom. The van der Waals surface area contributed by atoms with Crippen LogP contribution in [0.2, 0.25) is 0 Å². The molecule has 4 nitrogen and oxygen atoms in total. The average Bonchev–Trinajstić information content (AvgIpc) is 2.47. The van der Waals surface area contributed by atoms with Gasteiger partial charge in [0.25, 0.3) is 11.8 Å². The van der Waals surface area contributed by atoms with E-state index in [0.717, 1.165) is 22.3 Å². The Kier molecular flexibility index (Phi) is 4.61. The highest BCUT2D eigenvalue weighted by Crippen LogP contribution is 2.12. The number of nitrogens with one attached hydrogen (secondary N) is 2. The first-order valence-electron chi connectivity index (χ1n) is 7.14. The van der Waals surface area contributed by atoms with E-state index in [0.29, 0.717) is 11.1 Å². The van der Waals surface area contributed by atoms with Crippen molar-refractivity contribution in [3.8, 4) is 0 Å². The van der Waals surface area contributed by atoms with Crippen LogP contribution in [0.4, 0.5) is 0 Å². The molecule has 0 aliphatic heterocycles. The molecule has 0 heterocycles. The zero-order chi connectivity index (χ0) is 16.3. The van der Waals surface area contributed by atoms with Crippen molar-refractivity contribution in [3.63, 3.8) is 0 Å². The number of benzene rings is 2. The van der Waals surface area contributed by atoms with Crippen LogP contribution in [0.3, 0.4) is 0 Å². The van der Waals surface area contributed by atoms with Gasteiger partial charge in [0.2, 0.25) is 0 Å². The fourth-order valence-electron chi connectivity index (χ4n) is 2.31. The Hall–Kier alpha value is -2.62. The molecule has 0 aliphatic rings. The van der Waals surface area contributed by atoms with Gasteiger partial charge in [-0.1, -0.05) is 29.8 Å². The summed E-state index contributed by atoms with van der Waals surface area (Å²) in [5.74, 6) is -0.643. The number of hydrogen-bond acceptors (Lipinski definition) is 2. The lowest BCUT2D eigenvalue weighted by molar-refractivity contribution is 0.0846. The molecule has 0 saturated carbocycles. The van der Waals surface area contributed by atoms with Gasteiger partial charge >= 0.3 is 0 Å². The van der Waals surface area contributed by atoms with Crippen LogP contribution in [0.25, 0.3) is 0 Å². The first kappa shape index (κ1) is 15.8. The monoisotopic (exact) mass is 296 g/mol. The summed E-state index contributed by atoms with van der Waals surface area (Å²) in [6, 6.07) is 11.1. The average molecular weight is 296 g/mol. The van der Waals surface area contributed by atoms with E-state index in [1.807, 2.05) is 52.0 Å². The van der Waals surface area contributed by atoms with Gasteiger partial charge < -0.3 is 0 Å². The second-order valence-electron chi connectivity index (χ2n) is 5.47. The minimum Gasteiger partial charge on any atom is -0.267 e. The molecular formula is C18H20N2O2. The summed E-state index contributed by atoms with van der Waals surface area (Å²) in [6.45, 7) is 7.67. The molecule has 2 N–H and O–H groups in total. The van der Waals surface area contributed by atoms with Crippen molar-refractivity contribution in [2.24, 2.45) is 0 Å². The number of carbonyl (C=O) groups is 2. The lowest BCUT2D eigenvalue weighted by atomic mass is 10.0. The highest BCUT2D eigenvalue weighted by atomic mass is 16.2. The minimum absolute atomic E-state index is 0.320. The molecule has 114 valence electrons. The number of amides is 2. The molecule has 0 fully saturated rings. The van der Waals surface area contributed by atoms with Crippen molar-refractivity contribution in [2.45, 2.75) is 27.7 Å². The molecule has 0 aromatic heterocycles. The molecule has 2 aromatic carbocycles. The standard InChI is InChI=1S/C18H20N2O2/c1-11-8-9-15(13(3)10-11)17(21)19-20-18(22)16-7-5-6-12(2)14(16)4/h5-10H,1-4H3,(H,19,21)(H,20,22). The largest absolute Gasteiger partial charge is 0.269 e. The van der Waals surface area contributed by atoms with Gasteiger partial charge in [-0.05, 0) is 56.5 Å². The summed E-state index contributed by atoms with van der Waals surface area (Å²) in [6.07, 6.45) is 0. The Bertz CT molecular complexity index is 736. The summed E-state index contributed by atoms with van der Waals surface area (Å²) >= 11 is 0. The van der Waals surface area contributed by atoms with Gasteiger partial charge in [0.1, 0.15) is 0 Å². The number of aryl methyl sites for hydroxylation is 3. The number of hydrogen-bond donors (Lipinski definition) is 2. The van der Waals surface area contributed by atoms with Crippen molar-refractivity contribution in [1.29, 1.82) is 0 Å². The van der Waals surface area contributed by atoms with Crippen LogP contribution in [0.15, 0.2) is 36.4 Å². The molecule has 22 heavy (non-hydrogen) atoms. The summed E-state index contributed by atoms with van der Waals surface area (Å²) in [7, 11) is 0. The minimum atomic E-state index is -0.323. The molecule has 0 radical (unpaired) electrons. The normalized spacial score (nSPS) is 10.2. The molecule has 0 spiro atoms. The molecule has 0 atom stereocenters. The Morgan fingerprint density at radius 3 is 2.05 bits per heavy atom. The van der Waals surface area contributed by atoms with Gasteiger partial charge in [0, 0.05) is 11.1 Å². The topological polar surface area (TPSA) is 58.2 Å². The summed E-state index contributed by atoms with van der Waals surface area (Å²) < 4.78 is 0. The molecule has 2 amide bonds. The van der Waals surface area contributed by atoms with Crippen molar-refractivity contribution in [2.75, 3.05) is 0 Å². The molecule has 0 aliphatic carbocycles. The van der Waals surface area contributed by atoms with E-state index in [1.165, 1.54) is 0 Å². The molecule has 0 bridgehead atoms. The quantitative estimate of drug-likeness (QED) is 0.837. The molecule has 0 saturated heterocycles. The van der Waals surface area contributed by atoms with Crippen LogP contribution < -0.4 is 10.9 Å². The molecular weight excluding hydrogens is 276 g/mol. The maximum atomic E-state index is 12.2. The fourth-order valence-corrected chi connectivity index (χ4v) is 2.31. The van der Waals surface area contributed by atoms with E-state index in [2.05, 4.69) is 10.9 Å². The van der Waals surface area contributed by atoms with Crippen LogP contribution >= 0.6 is 0 Å². The van der Waals surface area contributed by atoms with Crippen molar-refractivity contribution >= 4 is 11.8 Å².